The van der Waals surface area contributed by atoms with Gasteiger partial charge in [-0.3, -0.25) is 9.59 Å². The molecule has 0 radical (unpaired) electrons. The van der Waals surface area contributed by atoms with Crippen LogP contribution < -0.4 is 19.5 Å². The maximum atomic E-state index is 12.8. The van der Waals surface area contributed by atoms with E-state index in [-0.39, 0.29) is 16.6 Å². The van der Waals surface area contributed by atoms with Crippen molar-refractivity contribution in [2.75, 3.05) is 20.3 Å². The van der Waals surface area contributed by atoms with Gasteiger partial charge < -0.3 is 24.6 Å². The van der Waals surface area contributed by atoms with Crippen molar-refractivity contribution in [3.63, 3.8) is 0 Å². The summed E-state index contributed by atoms with van der Waals surface area (Å²) in [5.74, 6) is -0.342. The number of carboxylic acids is 1. The molecule has 1 unspecified atom stereocenters. The number of carbonyl (C=O) groups is 2. The largest absolute Gasteiger partial charge is 0.493 e. The number of benzene rings is 2. The number of carbonyl (C=O) groups excluding carboxylic acids is 1. The molecular weight excluding hydrogens is 491 g/mol. The van der Waals surface area contributed by atoms with Gasteiger partial charge in [0, 0.05) is 29.3 Å². The van der Waals surface area contributed by atoms with E-state index in [1.54, 1.807) is 48.5 Å². The van der Waals surface area contributed by atoms with Gasteiger partial charge in [-0.1, -0.05) is 17.7 Å². The van der Waals surface area contributed by atoms with E-state index in [0.29, 0.717) is 60.2 Å². The lowest BCUT2D eigenvalue weighted by atomic mass is 9.93. The Kier molecular flexibility index (Phi) is 7.90. The third-order valence-corrected chi connectivity index (χ3v) is 6.05. The van der Waals surface area contributed by atoms with E-state index in [1.807, 2.05) is 0 Å². The fourth-order valence-electron chi connectivity index (χ4n) is 3.89. The molecule has 4 rings (SSSR count). The number of fused-ring (bicyclic) bond motifs is 1. The van der Waals surface area contributed by atoms with E-state index < -0.39 is 18.6 Å². The molecule has 2 N–H and O–H groups in total. The first-order valence-electron chi connectivity index (χ1n) is 11.2. The van der Waals surface area contributed by atoms with Crippen molar-refractivity contribution >= 4 is 23.5 Å². The number of halogens is 2. The second-order valence-electron chi connectivity index (χ2n) is 8.09. The monoisotopic (exact) mass is 514 g/mol. The number of carboxylic acid groups (broad SMARTS) is 1. The zero-order chi connectivity index (χ0) is 25.7. The highest BCUT2D eigenvalue weighted by Crippen LogP contribution is 2.41. The van der Waals surface area contributed by atoms with Crippen LogP contribution in [0.5, 0.6) is 23.1 Å². The first-order valence-corrected chi connectivity index (χ1v) is 11.6. The molecule has 2 heterocycles. The highest BCUT2D eigenvalue weighted by Gasteiger charge is 2.29. The van der Waals surface area contributed by atoms with E-state index >= 15 is 0 Å². The molecule has 3 aromatic rings. The molecule has 0 spiro atoms. The fourth-order valence-corrected chi connectivity index (χ4v) is 4.10. The van der Waals surface area contributed by atoms with Crippen LogP contribution in [0.15, 0.2) is 48.5 Å². The lowest BCUT2D eigenvalue weighted by molar-refractivity contribution is -0.139. The molecule has 0 bridgehead atoms. The minimum Gasteiger partial charge on any atom is -0.493 e. The third kappa shape index (κ3) is 5.68. The maximum absolute atomic E-state index is 12.8. The van der Waals surface area contributed by atoms with Crippen molar-refractivity contribution in [2.45, 2.75) is 25.4 Å². The van der Waals surface area contributed by atoms with Crippen molar-refractivity contribution in [3.05, 3.63) is 75.9 Å². The highest BCUT2D eigenvalue weighted by atomic mass is 35.5. The highest BCUT2D eigenvalue weighted by molar-refractivity contribution is 6.32. The standard InChI is InChI=1S/C26H24ClFN2O6/c1-34-25-16(2-5-17(14-28)30-25)8-10-29-24(31)15-3-6-18(7-4-15)36-23-13-22-20(12-21(23)27)19(26(32)33)9-11-35-22/h2-7,12-13,19H,8-11,14H2,1H3,(H,29,31)(H,32,33). The lowest BCUT2D eigenvalue weighted by Crippen LogP contribution is -2.25. The van der Waals surface area contributed by atoms with Crippen molar-refractivity contribution in [1.82, 2.24) is 10.3 Å². The molecule has 188 valence electrons. The summed E-state index contributed by atoms with van der Waals surface area (Å²) in [6.07, 6.45) is 0.843. The summed E-state index contributed by atoms with van der Waals surface area (Å²) >= 11 is 6.34. The molecule has 10 heteroatoms. The molecule has 0 fully saturated rings. The summed E-state index contributed by atoms with van der Waals surface area (Å²) in [6, 6.07) is 13.0. The number of ether oxygens (including phenoxy) is 3. The average Bonchev–Trinajstić information content (AvgIpc) is 2.89. The molecule has 1 aromatic heterocycles. The van der Waals surface area contributed by atoms with E-state index in [0.717, 1.165) is 5.56 Å². The number of rotatable bonds is 9. The second-order valence-corrected chi connectivity index (χ2v) is 8.49. The Morgan fingerprint density at radius 2 is 2.00 bits per heavy atom. The van der Waals surface area contributed by atoms with Crippen LogP contribution in [-0.2, 0) is 17.9 Å². The van der Waals surface area contributed by atoms with E-state index in [1.165, 1.54) is 7.11 Å². The number of aromatic nitrogens is 1. The quantitative estimate of drug-likeness (QED) is 0.417. The summed E-state index contributed by atoms with van der Waals surface area (Å²) in [5.41, 5.74) is 2.00. The molecule has 0 saturated heterocycles. The number of nitrogens with zero attached hydrogens (tertiary/aromatic N) is 1. The van der Waals surface area contributed by atoms with Gasteiger partial charge >= 0.3 is 5.97 Å². The smallest absolute Gasteiger partial charge is 0.311 e. The number of alkyl halides is 1. The number of aliphatic carboxylic acids is 1. The predicted molar refractivity (Wildman–Crippen MR) is 130 cm³/mol. The van der Waals surface area contributed by atoms with Crippen LogP contribution in [0.4, 0.5) is 4.39 Å². The van der Waals surface area contributed by atoms with Crippen molar-refractivity contribution in [2.24, 2.45) is 0 Å². The molecule has 0 aliphatic carbocycles. The first kappa shape index (κ1) is 25.2. The summed E-state index contributed by atoms with van der Waals surface area (Å²) < 4.78 is 29.4. The normalized spacial score (nSPS) is 14.4. The van der Waals surface area contributed by atoms with Gasteiger partial charge in [0.2, 0.25) is 5.88 Å². The molecule has 1 atom stereocenters. The molecule has 36 heavy (non-hydrogen) atoms. The number of hydrogen-bond acceptors (Lipinski definition) is 6. The Balaban J connectivity index is 1.37. The summed E-state index contributed by atoms with van der Waals surface area (Å²) in [4.78, 5) is 28.1. The van der Waals surface area contributed by atoms with Crippen LogP contribution in [0.3, 0.4) is 0 Å². The zero-order valence-corrected chi connectivity index (χ0v) is 20.2. The van der Waals surface area contributed by atoms with Gasteiger partial charge in [0.05, 0.1) is 30.4 Å². The van der Waals surface area contributed by atoms with Gasteiger partial charge in [-0.2, -0.15) is 0 Å². The molecule has 8 nitrogen and oxygen atoms in total. The van der Waals surface area contributed by atoms with Gasteiger partial charge in [-0.05, 0) is 49.2 Å². The molecular formula is C26H24ClFN2O6. The van der Waals surface area contributed by atoms with Gasteiger partial charge in [-0.15, -0.1) is 0 Å². The Morgan fingerprint density at radius 3 is 2.69 bits per heavy atom. The van der Waals surface area contributed by atoms with Gasteiger partial charge in [-0.25, -0.2) is 9.37 Å². The minimum absolute atomic E-state index is 0.261. The van der Waals surface area contributed by atoms with Gasteiger partial charge in [0.25, 0.3) is 5.91 Å². The zero-order valence-electron chi connectivity index (χ0n) is 19.4. The predicted octanol–water partition coefficient (Wildman–Crippen LogP) is 4.93. The third-order valence-electron chi connectivity index (χ3n) is 5.75. The first-order chi connectivity index (χ1) is 17.4. The molecule has 1 amide bonds. The molecule has 1 aliphatic heterocycles. The molecule has 0 saturated carbocycles. The minimum atomic E-state index is -0.927. The van der Waals surface area contributed by atoms with E-state index in [4.69, 9.17) is 25.8 Å². The van der Waals surface area contributed by atoms with E-state index in [9.17, 15) is 19.1 Å². The second kappa shape index (κ2) is 11.3. The fraction of sp³-hybridized carbons (Fsp3) is 0.269. The molecule has 1 aliphatic rings. The topological polar surface area (TPSA) is 107 Å². The van der Waals surface area contributed by atoms with Crippen LogP contribution in [0.2, 0.25) is 5.02 Å². The Bertz CT molecular complexity index is 1270. The van der Waals surface area contributed by atoms with Crippen LogP contribution in [0.1, 0.15) is 39.5 Å². The van der Waals surface area contributed by atoms with Crippen molar-refractivity contribution < 1.29 is 33.3 Å². The Hall–Kier alpha value is -3.85. The Morgan fingerprint density at radius 1 is 1.22 bits per heavy atom. The molecule has 2 aromatic carbocycles. The average molecular weight is 515 g/mol. The number of amides is 1. The van der Waals surface area contributed by atoms with Crippen molar-refractivity contribution in [1.29, 1.82) is 0 Å². The van der Waals surface area contributed by atoms with Crippen LogP contribution in [0.25, 0.3) is 0 Å². The summed E-state index contributed by atoms with van der Waals surface area (Å²) in [7, 11) is 1.47. The SMILES string of the molecule is COc1nc(CF)ccc1CCNC(=O)c1ccc(Oc2cc3c(cc2Cl)C(C(=O)O)CCO3)cc1. The lowest BCUT2D eigenvalue weighted by Gasteiger charge is -2.24. The van der Waals surface area contributed by atoms with Crippen LogP contribution in [-0.4, -0.2) is 42.2 Å². The van der Waals surface area contributed by atoms with Crippen molar-refractivity contribution in [3.8, 4) is 23.1 Å². The van der Waals surface area contributed by atoms with Crippen LogP contribution in [0, 0.1) is 0 Å². The van der Waals surface area contributed by atoms with Gasteiger partial charge in [0.1, 0.15) is 23.9 Å². The summed E-state index contributed by atoms with van der Waals surface area (Å²) in [6.45, 7) is -0.0437. The van der Waals surface area contributed by atoms with Gasteiger partial charge in [0.15, 0.2) is 0 Å². The number of hydrogen-bond donors (Lipinski definition) is 2. The number of pyridine rings is 1. The van der Waals surface area contributed by atoms with E-state index in [2.05, 4.69) is 10.3 Å². The summed E-state index contributed by atoms with van der Waals surface area (Å²) in [5, 5.41) is 12.5. The van der Waals surface area contributed by atoms with Crippen LogP contribution >= 0.6 is 11.6 Å². The number of methoxy groups -OCH3 is 1. The Labute approximate surface area is 212 Å². The maximum Gasteiger partial charge on any atom is 0.311 e. The number of nitrogens with one attached hydrogen (secondary N) is 1.